The number of anilines is 2. The van der Waals surface area contributed by atoms with Gasteiger partial charge in [-0.1, -0.05) is 6.92 Å². The van der Waals surface area contributed by atoms with E-state index in [0.29, 0.717) is 40.6 Å². The Balaban J connectivity index is 1.06. The fourth-order valence-electron chi connectivity index (χ4n) is 7.52. The number of hydrogen-bond acceptors (Lipinski definition) is 9. The number of fused-ring (bicyclic) bond motifs is 1. The van der Waals surface area contributed by atoms with E-state index < -0.39 is 23.6 Å². The number of aryl methyl sites for hydroxylation is 1. The van der Waals surface area contributed by atoms with E-state index in [1.807, 2.05) is 6.92 Å². The summed E-state index contributed by atoms with van der Waals surface area (Å²) >= 11 is 0. The number of amides is 2. The monoisotopic (exact) mass is 726 g/mol. The highest BCUT2D eigenvalue weighted by atomic mass is 19.2. The molecule has 1 atom stereocenters. The number of halogens is 2. The Kier molecular flexibility index (Phi) is 10.3. The number of piperidine rings is 1. The molecule has 276 valence electrons. The molecule has 0 spiro atoms. The van der Waals surface area contributed by atoms with E-state index in [4.69, 9.17) is 4.74 Å². The predicted octanol–water partition coefficient (Wildman–Crippen LogP) is 6.15. The molecular weight excluding hydrogens is 684 g/mol. The van der Waals surface area contributed by atoms with Gasteiger partial charge in [0.15, 0.2) is 23.0 Å². The van der Waals surface area contributed by atoms with Gasteiger partial charge in [-0.3, -0.25) is 9.20 Å². The second-order valence-corrected chi connectivity index (χ2v) is 14.1. The first kappa shape index (κ1) is 35.8. The lowest BCUT2D eigenvalue weighted by molar-refractivity contribution is -0.918. The van der Waals surface area contributed by atoms with Crippen molar-refractivity contribution in [2.75, 3.05) is 51.6 Å². The minimum atomic E-state index is -1.26. The first-order valence-corrected chi connectivity index (χ1v) is 17.9. The third kappa shape index (κ3) is 7.66. The van der Waals surface area contributed by atoms with E-state index >= 15 is 8.78 Å². The van der Waals surface area contributed by atoms with Gasteiger partial charge in [0.2, 0.25) is 5.82 Å². The third-order valence-corrected chi connectivity index (χ3v) is 10.4. The average molecular weight is 727 g/mol. The van der Waals surface area contributed by atoms with Gasteiger partial charge in [0.25, 0.3) is 5.91 Å². The first-order valence-electron chi connectivity index (χ1n) is 17.9. The summed E-state index contributed by atoms with van der Waals surface area (Å²) in [5.41, 5.74) is 2.16. The summed E-state index contributed by atoms with van der Waals surface area (Å²) in [6, 6.07) is 9.24. The number of imidazole rings is 1. The highest BCUT2D eigenvalue weighted by molar-refractivity contribution is 6.03. The molecule has 1 unspecified atom stereocenters. The quantitative estimate of drug-likeness (QED) is 0.136. The van der Waals surface area contributed by atoms with Crippen molar-refractivity contribution < 1.29 is 32.7 Å². The zero-order valence-electron chi connectivity index (χ0n) is 29.6. The largest absolute Gasteiger partial charge is 0.465 e. The molecule has 3 aromatic heterocycles. The minimum Gasteiger partial charge on any atom is -0.465 e. The molecule has 5 heterocycles. The number of nitrogens with zero attached hydrogens (tertiary/aromatic N) is 7. The standard InChI is InChI=1S/C38H41F2N9O4/c1-3-26-19-27(5-6-28(26)36(50)48(38(51)52)22-24-10-17-49(2,18-11-24)23-25-9-14-41-20-25)46-34-35-45-21-30(47(35)16-15-42-34)29-7-8-31(33(40)32(29)39)53-37-43-12-4-13-44-37/h4-8,12-13,15-16,19,21,24-25,41H,3,9-11,14,17-18,20,22-23H2,1-2H3,(H-,42,46,50,51,52)/p+1. The van der Waals surface area contributed by atoms with Gasteiger partial charge in [-0.2, -0.15) is 4.39 Å². The average Bonchev–Trinajstić information content (AvgIpc) is 3.84. The molecule has 0 saturated carbocycles. The summed E-state index contributed by atoms with van der Waals surface area (Å²) in [6.07, 6.45) is 9.52. The highest BCUT2D eigenvalue weighted by Gasteiger charge is 2.36. The number of carbonyl (C=O) groups is 2. The molecule has 2 amide bonds. The van der Waals surface area contributed by atoms with Crippen molar-refractivity contribution in [1.82, 2.24) is 34.6 Å². The molecule has 2 fully saturated rings. The van der Waals surface area contributed by atoms with Gasteiger partial charge >= 0.3 is 12.1 Å². The first-order chi connectivity index (χ1) is 25.6. The molecule has 2 aromatic carbocycles. The number of aromatic nitrogens is 5. The van der Waals surface area contributed by atoms with E-state index in [1.54, 1.807) is 34.9 Å². The number of hydrogen-bond donors (Lipinski definition) is 3. The number of likely N-dealkylation sites (tertiary alicyclic amines) is 1. The molecular formula is C38H42F2N9O4+. The van der Waals surface area contributed by atoms with Crippen molar-refractivity contribution >= 4 is 29.2 Å². The van der Waals surface area contributed by atoms with Gasteiger partial charge in [-0.05, 0) is 67.3 Å². The molecule has 5 aromatic rings. The van der Waals surface area contributed by atoms with Crippen LogP contribution in [0.3, 0.4) is 0 Å². The highest BCUT2D eigenvalue weighted by Crippen LogP contribution is 2.33. The second-order valence-electron chi connectivity index (χ2n) is 14.1. The molecule has 53 heavy (non-hydrogen) atoms. The lowest BCUT2D eigenvalue weighted by atomic mass is 9.93. The van der Waals surface area contributed by atoms with Crippen molar-refractivity contribution in [2.24, 2.45) is 11.8 Å². The maximum atomic E-state index is 15.4. The van der Waals surface area contributed by atoms with Gasteiger partial charge in [0.05, 0.1) is 38.6 Å². The summed E-state index contributed by atoms with van der Waals surface area (Å²) in [4.78, 5) is 43.8. The van der Waals surface area contributed by atoms with Crippen LogP contribution in [0, 0.1) is 23.5 Å². The van der Waals surface area contributed by atoms with Crippen LogP contribution in [0.4, 0.5) is 25.1 Å². The summed E-state index contributed by atoms with van der Waals surface area (Å²) in [5, 5.41) is 16.8. The van der Waals surface area contributed by atoms with Crippen molar-refractivity contribution in [2.45, 2.75) is 32.6 Å². The van der Waals surface area contributed by atoms with Crippen LogP contribution in [0.15, 0.2) is 67.4 Å². The maximum Gasteiger partial charge on any atom is 0.414 e. The molecule has 13 nitrogen and oxygen atoms in total. The van der Waals surface area contributed by atoms with Crippen LogP contribution in [-0.4, -0.2) is 97.1 Å². The Labute approximate surface area is 305 Å². The molecule has 15 heteroatoms. The second kappa shape index (κ2) is 15.2. The van der Waals surface area contributed by atoms with Gasteiger partial charge < -0.3 is 25.0 Å². The van der Waals surface area contributed by atoms with Gasteiger partial charge in [0.1, 0.15) is 0 Å². The van der Waals surface area contributed by atoms with Crippen molar-refractivity contribution in [3.63, 3.8) is 0 Å². The van der Waals surface area contributed by atoms with Crippen molar-refractivity contribution in [3.8, 4) is 23.0 Å². The van der Waals surface area contributed by atoms with Crippen LogP contribution < -0.4 is 15.4 Å². The normalized spacial score (nSPS) is 20.0. The Morgan fingerprint density at radius 2 is 1.83 bits per heavy atom. The fourth-order valence-corrected chi connectivity index (χ4v) is 7.52. The van der Waals surface area contributed by atoms with Crippen LogP contribution in [0.2, 0.25) is 0 Å². The van der Waals surface area contributed by atoms with Gasteiger partial charge in [-0.15, -0.1) is 0 Å². The molecule has 0 radical (unpaired) electrons. The van der Waals surface area contributed by atoms with Crippen molar-refractivity contribution in [3.05, 3.63) is 90.1 Å². The van der Waals surface area contributed by atoms with Crippen LogP contribution >= 0.6 is 0 Å². The Morgan fingerprint density at radius 3 is 2.55 bits per heavy atom. The number of rotatable bonds is 11. The zero-order valence-corrected chi connectivity index (χ0v) is 29.6. The lowest BCUT2D eigenvalue weighted by Gasteiger charge is -2.42. The van der Waals surface area contributed by atoms with Crippen LogP contribution in [0.25, 0.3) is 16.9 Å². The van der Waals surface area contributed by atoms with E-state index in [2.05, 4.69) is 37.6 Å². The van der Waals surface area contributed by atoms with Crippen LogP contribution in [0.5, 0.6) is 11.8 Å². The number of ether oxygens (including phenoxy) is 1. The molecule has 7 rings (SSSR count). The lowest BCUT2D eigenvalue weighted by Crippen LogP contribution is -2.54. The van der Waals surface area contributed by atoms with E-state index in [0.717, 1.165) is 54.9 Å². The third-order valence-electron chi connectivity index (χ3n) is 10.4. The Hall–Kier alpha value is -5.54. The smallest absolute Gasteiger partial charge is 0.414 e. The number of imide groups is 1. The Morgan fingerprint density at radius 1 is 1.04 bits per heavy atom. The fraction of sp³-hybridized carbons (Fsp3) is 0.368. The molecule has 0 bridgehead atoms. The molecule has 3 N–H and O–H groups in total. The molecule has 0 aliphatic carbocycles. The number of quaternary nitrogens is 1. The van der Waals surface area contributed by atoms with E-state index in [-0.39, 0.29) is 35.5 Å². The topological polar surface area (TPSA) is 147 Å². The predicted molar refractivity (Wildman–Crippen MR) is 193 cm³/mol. The number of carboxylic acid groups (broad SMARTS) is 1. The summed E-state index contributed by atoms with van der Waals surface area (Å²) in [6.45, 7) is 7.27. The summed E-state index contributed by atoms with van der Waals surface area (Å²) < 4.78 is 38.4. The van der Waals surface area contributed by atoms with Crippen LogP contribution in [0.1, 0.15) is 42.1 Å². The number of carbonyl (C=O) groups excluding carboxylic acids is 1. The number of benzene rings is 2. The van der Waals surface area contributed by atoms with Gasteiger partial charge in [0, 0.05) is 73.5 Å². The maximum absolute atomic E-state index is 15.4. The van der Waals surface area contributed by atoms with Gasteiger partial charge in [-0.25, -0.2) is 34.0 Å². The SMILES string of the molecule is CCc1cc(Nc2nccn3c(-c4ccc(Oc5ncccn5)c(F)c4F)cnc23)ccc1C(=O)N(CC1CC[N+](C)(CC2CCNC2)CC1)C(=O)O. The van der Waals surface area contributed by atoms with Crippen LogP contribution in [-0.2, 0) is 6.42 Å². The zero-order chi connectivity index (χ0) is 37.1. The minimum absolute atomic E-state index is 0.0458. The van der Waals surface area contributed by atoms with E-state index in [1.165, 1.54) is 43.3 Å². The number of nitrogens with one attached hydrogen (secondary N) is 2. The molecule has 2 saturated heterocycles. The molecule has 2 aliphatic heterocycles. The molecule has 2 aliphatic rings. The summed E-state index contributed by atoms with van der Waals surface area (Å²) in [7, 11) is 2.29. The Bertz CT molecular complexity index is 2120. The van der Waals surface area contributed by atoms with Crippen molar-refractivity contribution in [1.29, 1.82) is 0 Å². The summed E-state index contributed by atoms with van der Waals surface area (Å²) in [5.74, 6) is -2.11. The van der Waals surface area contributed by atoms with E-state index in [9.17, 15) is 14.7 Å².